The number of piperazine rings is 1. The average molecular weight is 381 g/mol. The van der Waals surface area contributed by atoms with Gasteiger partial charge in [-0.05, 0) is 17.7 Å². The summed E-state index contributed by atoms with van der Waals surface area (Å²) in [5, 5.41) is 11.1. The number of amides is 1. The van der Waals surface area contributed by atoms with Gasteiger partial charge in [0, 0.05) is 32.7 Å². The SMILES string of the molecule is O=C(CN1CCN(Cc2nnc(-c3ccco3)o2)CC1)NCc1ccccc1. The van der Waals surface area contributed by atoms with Gasteiger partial charge in [0.1, 0.15) is 0 Å². The molecule has 0 atom stereocenters. The Balaban J connectivity index is 1.19. The highest BCUT2D eigenvalue weighted by Gasteiger charge is 2.21. The Labute approximate surface area is 163 Å². The molecule has 1 aliphatic rings. The van der Waals surface area contributed by atoms with Crippen molar-refractivity contribution in [2.75, 3.05) is 32.7 Å². The van der Waals surface area contributed by atoms with E-state index in [4.69, 9.17) is 8.83 Å². The third-order valence-corrected chi connectivity index (χ3v) is 4.72. The topological polar surface area (TPSA) is 87.6 Å². The van der Waals surface area contributed by atoms with Gasteiger partial charge in [-0.15, -0.1) is 10.2 Å². The first kappa shape index (κ1) is 18.4. The summed E-state index contributed by atoms with van der Waals surface area (Å²) in [5.41, 5.74) is 1.11. The Bertz CT molecular complexity index is 870. The van der Waals surface area contributed by atoms with E-state index in [9.17, 15) is 4.79 Å². The molecule has 1 saturated heterocycles. The van der Waals surface area contributed by atoms with E-state index in [1.165, 1.54) is 0 Å². The van der Waals surface area contributed by atoms with E-state index in [1.54, 1.807) is 18.4 Å². The fraction of sp³-hybridized carbons (Fsp3) is 0.350. The van der Waals surface area contributed by atoms with E-state index in [0.29, 0.717) is 37.2 Å². The highest BCUT2D eigenvalue weighted by atomic mass is 16.4. The Morgan fingerprint density at radius 1 is 1.00 bits per heavy atom. The summed E-state index contributed by atoms with van der Waals surface area (Å²) in [4.78, 5) is 16.6. The van der Waals surface area contributed by atoms with Crippen LogP contribution in [0.2, 0.25) is 0 Å². The minimum Gasteiger partial charge on any atom is -0.459 e. The van der Waals surface area contributed by atoms with Crippen molar-refractivity contribution in [2.45, 2.75) is 13.1 Å². The molecule has 0 aliphatic carbocycles. The van der Waals surface area contributed by atoms with E-state index in [1.807, 2.05) is 30.3 Å². The van der Waals surface area contributed by atoms with E-state index in [2.05, 4.69) is 25.3 Å². The zero-order valence-corrected chi connectivity index (χ0v) is 15.6. The summed E-state index contributed by atoms with van der Waals surface area (Å²) < 4.78 is 10.9. The summed E-state index contributed by atoms with van der Waals surface area (Å²) in [6.45, 7) is 4.95. The van der Waals surface area contributed by atoms with Crippen LogP contribution in [0.5, 0.6) is 0 Å². The first-order chi connectivity index (χ1) is 13.8. The Morgan fingerprint density at radius 2 is 1.79 bits per heavy atom. The van der Waals surface area contributed by atoms with Gasteiger partial charge < -0.3 is 14.2 Å². The number of carbonyl (C=O) groups excluding carboxylic acids is 1. The van der Waals surface area contributed by atoms with Crippen molar-refractivity contribution in [1.82, 2.24) is 25.3 Å². The summed E-state index contributed by atoms with van der Waals surface area (Å²) in [6.07, 6.45) is 1.58. The van der Waals surface area contributed by atoms with Crippen molar-refractivity contribution < 1.29 is 13.6 Å². The van der Waals surface area contributed by atoms with Gasteiger partial charge in [0.2, 0.25) is 11.8 Å². The predicted octanol–water partition coefficient (Wildman–Crippen LogP) is 1.76. The summed E-state index contributed by atoms with van der Waals surface area (Å²) in [5.74, 6) is 1.59. The number of benzene rings is 1. The summed E-state index contributed by atoms with van der Waals surface area (Å²) in [6, 6.07) is 13.5. The van der Waals surface area contributed by atoms with Crippen molar-refractivity contribution in [3.8, 4) is 11.7 Å². The monoisotopic (exact) mass is 381 g/mol. The molecule has 3 heterocycles. The fourth-order valence-electron chi connectivity index (χ4n) is 3.17. The number of nitrogens with one attached hydrogen (secondary N) is 1. The maximum Gasteiger partial charge on any atom is 0.283 e. The second-order valence-corrected chi connectivity index (χ2v) is 6.79. The Kier molecular flexibility index (Phi) is 5.79. The van der Waals surface area contributed by atoms with Crippen LogP contribution >= 0.6 is 0 Å². The molecule has 146 valence electrons. The maximum absolute atomic E-state index is 12.2. The molecule has 3 aromatic rings. The third kappa shape index (κ3) is 4.85. The van der Waals surface area contributed by atoms with Crippen LogP contribution in [0.3, 0.4) is 0 Å². The quantitative estimate of drug-likeness (QED) is 0.667. The molecule has 1 aromatic carbocycles. The van der Waals surface area contributed by atoms with Gasteiger partial charge in [0.15, 0.2) is 5.76 Å². The van der Waals surface area contributed by atoms with Crippen molar-refractivity contribution in [3.05, 3.63) is 60.2 Å². The molecule has 0 unspecified atom stereocenters. The number of rotatable bonds is 7. The fourth-order valence-corrected chi connectivity index (χ4v) is 3.17. The van der Waals surface area contributed by atoms with Crippen LogP contribution in [0.4, 0.5) is 0 Å². The second kappa shape index (κ2) is 8.81. The molecule has 1 fully saturated rings. The molecule has 0 bridgehead atoms. The van der Waals surface area contributed by atoms with E-state index < -0.39 is 0 Å². The van der Waals surface area contributed by atoms with Crippen LogP contribution in [-0.4, -0.2) is 58.6 Å². The second-order valence-electron chi connectivity index (χ2n) is 6.79. The first-order valence-corrected chi connectivity index (χ1v) is 9.38. The van der Waals surface area contributed by atoms with Crippen molar-refractivity contribution >= 4 is 5.91 Å². The summed E-state index contributed by atoms with van der Waals surface area (Å²) in [7, 11) is 0. The molecule has 2 aromatic heterocycles. The lowest BCUT2D eigenvalue weighted by Gasteiger charge is -2.33. The molecule has 28 heavy (non-hydrogen) atoms. The van der Waals surface area contributed by atoms with Crippen LogP contribution in [0, 0.1) is 0 Å². The standard InChI is InChI=1S/C20H23N5O3/c26-18(21-13-16-5-2-1-3-6-16)14-24-8-10-25(11-9-24)15-19-22-23-20(28-19)17-7-4-12-27-17/h1-7,12H,8-11,13-15H2,(H,21,26). The van der Waals surface area contributed by atoms with Gasteiger partial charge >= 0.3 is 0 Å². The predicted molar refractivity (Wildman–Crippen MR) is 102 cm³/mol. The molecule has 0 saturated carbocycles. The summed E-state index contributed by atoms with van der Waals surface area (Å²) >= 11 is 0. The van der Waals surface area contributed by atoms with Crippen molar-refractivity contribution in [1.29, 1.82) is 0 Å². The van der Waals surface area contributed by atoms with Crippen molar-refractivity contribution in [3.63, 3.8) is 0 Å². The van der Waals surface area contributed by atoms with Crippen LogP contribution in [0.1, 0.15) is 11.5 Å². The van der Waals surface area contributed by atoms with Gasteiger partial charge in [0.05, 0.1) is 19.4 Å². The molecule has 1 N–H and O–H groups in total. The molecule has 8 heteroatoms. The number of carbonyl (C=O) groups is 1. The minimum absolute atomic E-state index is 0.0530. The van der Waals surface area contributed by atoms with Gasteiger partial charge in [0.25, 0.3) is 5.89 Å². The molecule has 0 spiro atoms. The lowest BCUT2D eigenvalue weighted by molar-refractivity contribution is -0.122. The molecule has 1 amide bonds. The highest BCUT2D eigenvalue weighted by Crippen LogP contribution is 2.18. The molecule has 1 aliphatic heterocycles. The number of hydrogen-bond acceptors (Lipinski definition) is 7. The molecule has 4 rings (SSSR count). The minimum atomic E-state index is 0.0530. The third-order valence-electron chi connectivity index (χ3n) is 4.72. The number of hydrogen-bond donors (Lipinski definition) is 1. The van der Waals surface area contributed by atoms with Crippen LogP contribution in [-0.2, 0) is 17.9 Å². The Morgan fingerprint density at radius 3 is 2.54 bits per heavy atom. The van der Waals surface area contributed by atoms with Crippen molar-refractivity contribution in [2.24, 2.45) is 0 Å². The number of furan rings is 1. The zero-order chi connectivity index (χ0) is 19.2. The number of aromatic nitrogens is 2. The van der Waals surface area contributed by atoms with Crippen LogP contribution in [0.25, 0.3) is 11.7 Å². The number of nitrogens with zero attached hydrogens (tertiary/aromatic N) is 4. The van der Waals surface area contributed by atoms with Gasteiger partial charge in [-0.3, -0.25) is 14.6 Å². The molecular formula is C20H23N5O3. The van der Waals surface area contributed by atoms with Crippen LogP contribution < -0.4 is 5.32 Å². The lowest BCUT2D eigenvalue weighted by Crippen LogP contribution is -2.49. The van der Waals surface area contributed by atoms with E-state index >= 15 is 0 Å². The van der Waals surface area contributed by atoms with Gasteiger partial charge in [-0.25, -0.2) is 0 Å². The maximum atomic E-state index is 12.2. The van der Waals surface area contributed by atoms with Gasteiger partial charge in [-0.1, -0.05) is 30.3 Å². The molecule has 8 nitrogen and oxygen atoms in total. The highest BCUT2D eigenvalue weighted by molar-refractivity contribution is 5.78. The largest absolute Gasteiger partial charge is 0.459 e. The zero-order valence-electron chi connectivity index (χ0n) is 15.6. The van der Waals surface area contributed by atoms with Gasteiger partial charge in [-0.2, -0.15) is 0 Å². The van der Waals surface area contributed by atoms with Crippen LogP contribution in [0.15, 0.2) is 57.6 Å². The normalized spacial score (nSPS) is 15.6. The smallest absolute Gasteiger partial charge is 0.283 e. The van der Waals surface area contributed by atoms with E-state index in [-0.39, 0.29) is 5.91 Å². The lowest BCUT2D eigenvalue weighted by atomic mass is 10.2. The molecule has 0 radical (unpaired) electrons. The average Bonchev–Trinajstić information content (AvgIpc) is 3.41. The molecular weight excluding hydrogens is 358 g/mol. The Hall–Kier alpha value is -2.97. The van der Waals surface area contributed by atoms with E-state index in [0.717, 1.165) is 31.7 Å². The first-order valence-electron chi connectivity index (χ1n) is 9.38.